The molecular weight excluding hydrogens is 226 g/mol. The summed E-state index contributed by atoms with van der Waals surface area (Å²) >= 11 is 0. The Bertz CT molecular complexity index is 501. The van der Waals surface area contributed by atoms with Gasteiger partial charge in [0.2, 0.25) is 0 Å². The molecular formula is C14H17N3O. The van der Waals surface area contributed by atoms with Crippen LogP contribution in [0, 0.1) is 17.8 Å². The fraction of sp³-hybridized carbons (Fsp3) is 0.429. The molecule has 1 amide bonds. The lowest BCUT2D eigenvalue weighted by atomic mass is 10.2. The first-order valence-corrected chi connectivity index (χ1v) is 6.19. The number of hydrogen-bond acceptors (Lipinski definition) is 3. The average Bonchev–Trinajstić information content (AvgIpc) is 3.15. The maximum atomic E-state index is 12.0. The summed E-state index contributed by atoms with van der Waals surface area (Å²) in [5, 5.41) is 3.00. The van der Waals surface area contributed by atoms with Crippen LogP contribution in [-0.2, 0) is 0 Å². The lowest BCUT2D eigenvalue weighted by Gasteiger charge is -2.04. The Morgan fingerprint density at radius 2 is 2.44 bits per heavy atom. The molecule has 1 saturated carbocycles. The van der Waals surface area contributed by atoms with Gasteiger partial charge in [0, 0.05) is 24.0 Å². The minimum Gasteiger partial charge on any atom is -0.349 e. The van der Waals surface area contributed by atoms with Crippen LogP contribution >= 0.6 is 0 Å². The van der Waals surface area contributed by atoms with Crippen molar-refractivity contribution < 1.29 is 4.79 Å². The first kappa shape index (κ1) is 12.6. The largest absolute Gasteiger partial charge is 0.349 e. The quantitative estimate of drug-likeness (QED) is 0.776. The van der Waals surface area contributed by atoms with Crippen LogP contribution in [0.4, 0.5) is 0 Å². The van der Waals surface area contributed by atoms with Crippen LogP contribution in [0.1, 0.15) is 35.7 Å². The number of nitrogens with two attached hydrogens (primary N) is 1. The van der Waals surface area contributed by atoms with E-state index in [1.165, 1.54) is 0 Å². The highest BCUT2D eigenvalue weighted by molar-refractivity contribution is 5.94. The highest BCUT2D eigenvalue weighted by atomic mass is 16.1. The van der Waals surface area contributed by atoms with Gasteiger partial charge in [0.15, 0.2) is 0 Å². The zero-order valence-corrected chi connectivity index (χ0v) is 10.4. The van der Waals surface area contributed by atoms with E-state index >= 15 is 0 Å². The number of hydrogen-bond donors (Lipinski definition) is 2. The molecule has 1 aromatic rings. The van der Waals surface area contributed by atoms with Crippen LogP contribution in [0.25, 0.3) is 0 Å². The number of carbonyl (C=O) groups excluding carboxylic acids is 1. The Kier molecular flexibility index (Phi) is 3.96. The average molecular weight is 243 g/mol. The van der Waals surface area contributed by atoms with E-state index in [1.54, 1.807) is 18.5 Å². The molecule has 0 radical (unpaired) electrons. The number of nitrogens with one attached hydrogen (secondary N) is 1. The third-order valence-electron chi connectivity index (χ3n) is 3.10. The van der Waals surface area contributed by atoms with E-state index in [2.05, 4.69) is 29.1 Å². The Morgan fingerprint density at radius 1 is 1.61 bits per heavy atom. The molecule has 0 spiro atoms. The molecule has 1 aromatic heterocycles. The Balaban J connectivity index is 2.02. The van der Waals surface area contributed by atoms with Gasteiger partial charge in [-0.1, -0.05) is 25.2 Å². The highest BCUT2D eigenvalue weighted by Gasteiger charge is 2.36. The van der Waals surface area contributed by atoms with Crippen LogP contribution in [0.3, 0.4) is 0 Å². The van der Waals surface area contributed by atoms with Crippen molar-refractivity contribution in [2.45, 2.75) is 25.8 Å². The van der Waals surface area contributed by atoms with Crippen molar-refractivity contribution in [3.63, 3.8) is 0 Å². The molecule has 1 aliphatic rings. The van der Waals surface area contributed by atoms with Gasteiger partial charge in [0.05, 0.1) is 12.1 Å². The predicted molar refractivity (Wildman–Crippen MR) is 69.8 cm³/mol. The van der Waals surface area contributed by atoms with Gasteiger partial charge < -0.3 is 11.1 Å². The van der Waals surface area contributed by atoms with E-state index in [0.29, 0.717) is 24.1 Å². The van der Waals surface area contributed by atoms with E-state index in [0.717, 1.165) is 18.4 Å². The van der Waals surface area contributed by atoms with Gasteiger partial charge in [-0.25, -0.2) is 0 Å². The first-order chi connectivity index (χ1) is 8.74. The molecule has 2 unspecified atom stereocenters. The second-order valence-corrected chi connectivity index (χ2v) is 4.45. The first-order valence-electron chi connectivity index (χ1n) is 6.19. The van der Waals surface area contributed by atoms with E-state index in [9.17, 15) is 4.79 Å². The number of nitrogens with zero attached hydrogens (tertiary/aromatic N) is 1. The molecule has 4 heteroatoms. The van der Waals surface area contributed by atoms with Gasteiger partial charge in [-0.15, -0.1) is 0 Å². The van der Waals surface area contributed by atoms with Crippen molar-refractivity contribution in [2.75, 3.05) is 6.54 Å². The number of rotatable bonds is 3. The summed E-state index contributed by atoms with van der Waals surface area (Å²) in [5.74, 6) is 6.19. The fourth-order valence-electron chi connectivity index (χ4n) is 1.91. The molecule has 0 bridgehead atoms. The van der Waals surface area contributed by atoms with Gasteiger partial charge in [-0.2, -0.15) is 0 Å². The molecule has 1 heterocycles. The SMILES string of the molecule is CCC1CC1NC(=O)c1cncc(C#CCN)c1. The Hall–Kier alpha value is -1.86. The van der Waals surface area contributed by atoms with Gasteiger partial charge in [-0.3, -0.25) is 9.78 Å². The summed E-state index contributed by atoms with van der Waals surface area (Å²) in [5.41, 5.74) is 6.58. The summed E-state index contributed by atoms with van der Waals surface area (Å²) in [6.07, 6.45) is 5.39. The van der Waals surface area contributed by atoms with Crippen molar-refractivity contribution in [1.82, 2.24) is 10.3 Å². The minimum absolute atomic E-state index is 0.0696. The number of pyridine rings is 1. The van der Waals surface area contributed by atoms with Gasteiger partial charge >= 0.3 is 0 Å². The lowest BCUT2D eigenvalue weighted by molar-refractivity contribution is 0.0948. The van der Waals surface area contributed by atoms with Crippen molar-refractivity contribution in [1.29, 1.82) is 0 Å². The molecule has 2 rings (SSSR count). The Labute approximate surface area is 107 Å². The van der Waals surface area contributed by atoms with Crippen LogP contribution < -0.4 is 11.1 Å². The van der Waals surface area contributed by atoms with E-state index in [1.807, 2.05) is 0 Å². The maximum absolute atomic E-state index is 12.0. The van der Waals surface area contributed by atoms with E-state index in [-0.39, 0.29) is 5.91 Å². The zero-order valence-electron chi connectivity index (χ0n) is 10.4. The molecule has 94 valence electrons. The second kappa shape index (κ2) is 5.65. The molecule has 4 nitrogen and oxygen atoms in total. The molecule has 0 saturated heterocycles. The van der Waals surface area contributed by atoms with Gasteiger partial charge in [0.25, 0.3) is 5.91 Å². The maximum Gasteiger partial charge on any atom is 0.253 e. The highest BCUT2D eigenvalue weighted by Crippen LogP contribution is 2.33. The number of carbonyl (C=O) groups is 1. The standard InChI is InChI=1S/C14H17N3O/c1-2-11-7-13(11)17-14(18)12-6-10(4-3-5-15)8-16-9-12/h6,8-9,11,13H,2,5,7,15H2,1H3,(H,17,18). The smallest absolute Gasteiger partial charge is 0.253 e. The topological polar surface area (TPSA) is 68.0 Å². The molecule has 2 atom stereocenters. The summed E-state index contributed by atoms with van der Waals surface area (Å²) in [6, 6.07) is 2.08. The third-order valence-corrected chi connectivity index (χ3v) is 3.10. The molecule has 18 heavy (non-hydrogen) atoms. The summed E-state index contributed by atoms with van der Waals surface area (Å²) < 4.78 is 0. The monoisotopic (exact) mass is 243 g/mol. The summed E-state index contributed by atoms with van der Waals surface area (Å²) in [6.45, 7) is 2.44. The number of amides is 1. The predicted octanol–water partition coefficient (Wildman–Crippen LogP) is 0.920. The zero-order chi connectivity index (χ0) is 13.0. The molecule has 3 N–H and O–H groups in total. The number of aromatic nitrogens is 1. The minimum atomic E-state index is -0.0696. The summed E-state index contributed by atoms with van der Waals surface area (Å²) in [7, 11) is 0. The fourth-order valence-corrected chi connectivity index (χ4v) is 1.91. The van der Waals surface area contributed by atoms with Crippen LogP contribution in [0.2, 0.25) is 0 Å². The van der Waals surface area contributed by atoms with Crippen LogP contribution in [0.15, 0.2) is 18.5 Å². The van der Waals surface area contributed by atoms with Gasteiger partial charge in [0.1, 0.15) is 0 Å². The van der Waals surface area contributed by atoms with Gasteiger partial charge in [-0.05, 0) is 18.4 Å². The molecule has 0 aliphatic heterocycles. The molecule has 1 aliphatic carbocycles. The molecule has 1 fully saturated rings. The van der Waals surface area contributed by atoms with Crippen molar-refractivity contribution in [3.8, 4) is 11.8 Å². The van der Waals surface area contributed by atoms with Crippen LogP contribution in [0.5, 0.6) is 0 Å². The van der Waals surface area contributed by atoms with Crippen molar-refractivity contribution >= 4 is 5.91 Å². The Morgan fingerprint density at radius 3 is 3.11 bits per heavy atom. The van der Waals surface area contributed by atoms with Crippen molar-refractivity contribution in [3.05, 3.63) is 29.6 Å². The van der Waals surface area contributed by atoms with Crippen molar-refractivity contribution in [2.24, 2.45) is 11.7 Å². The molecule has 0 aromatic carbocycles. The van der Waals surface area contributed by atoms with E-state index < -0.39 is 0 Å². The summed E-state index contributed by atoms with van der Waals surface area (Å²) in [4.78, 5) is 16.0. The normalized spacial score (nSPS) is 20.8. The second-order valence-electron chi connectivity index (χ2n) is 4.45. The van der Waals surface area contributed by atoms with E-state index in [4.69, 9.17) is 5.73 Å². The van der Waals surface area contributed by atoms with Crippen LogP contribution in [-0.4, -0.2) is 23.5 Å². The lowest BCUT2D eigenvalue weighted by Crippen LogP contribution is -2.26. The third kappa shape index (κ3) is 3.08.